The van der Waals surface area contributed by atoms with Gasteiger partial charge < -0.3 is 15.2 Å². The number of nitrogens with one attached hydrogen (secondary N) is 1. The lowest BCUT2D eigenvalue weighted by molar-refractivity contribution is -0.139. The minimum Gasteiger partial charge on any atom is -0.482 e. The summed E-state index contributed by atoms with van der Waals surface area (Å²) in [6.45, 7) is 7.26. The summed E-state index contributed by atoms with van der Waals surface area (Å²) in [7, 11) is 1.87. The monoisotopic (exact) mass is 359 g/mol. The highest BCUT2D eigenvalue weighted by atomic mass is 16.5. The Hall–Kier alpha value is -2.83. The summed E-state index contributed by atoms with van der Waals surface area (Å²) in [5, 5.41) is 16.0. The molecular formula is C19H25N3O4. The van der Waals surface area contributed by atoms with E-state index in [1.807, 2.05) is 46.9 Å². The predicted molar refractivity (Wildman–Crippen MR) is 97.2 cm³/mol. The smallest absolute Gasteiger partial charge is 0.341 e. The van der Waals surface area contributed by atoms with Gasteiger partial charge in [-0.1, -0.05) is 12.1 Å². The van der Waals surface area contributed by atoms with Gasteiger partial charge in [0.25, 0.3) is 0 Å². The highest BCUT2D eigenvalue weighted by Crippen LogP contribution is 2.24. The summed E-state index contributed by atoms with van der Waals surface area (Å²) < 4.78 is 6.90. The summed E-state index contributed by atoms with van der Waals surface area (Å²) in [4.78, 5) is 23.2. The molecule has 2 aromatic rings. The molecule has 26 heavy (non-hydrogen) atoms. The first-order valence-corrected chi connectivity index (χ1v) is 8.45. The van der Waals surface area contributed by atoms with Crippen LogP contribution in [0.15, 0.2) is 24.3 Å². The third-order valence-electron chi connectivity index (χ3n) is 4.49. The maximum absolute atomic E-state index is 12.6. The number of nitrogens with zero attached hydrogens (tertiary/aromatic N) is 2. The Morgan fingerprint density at radius 3 is 2.35 bits per heavy atom. The number of aliphatic carboxylic acids is 1. The molecular weight excluding hydrogens is 334 g/mol. The van der Waals surface area contributed by atoms with E-state index in [1.54, 1.807) is 16.8 Å². The number of hydrogen-bond acceptors (Lipinski definition) is 4. The van der Waals surface area contributed by atoms with Gasteiger partial charge in [-0.3, -0.25) is 9.48 Å². The Morgan fingerprint density at radius 1 is 1.23 bits per heavy atom. The average molecular weight is 359 g/mol. The molecule has 2 atom stereocenters. The van der Waals surface area contributed by atoms with E-state index in [9.17, 15) is 9.59 Å². The van der Waals surface area contributed by atoms with E-state index < -0.39 is 5.97 Å². The van der Waals surface area contributed by atoms with Crippen molar-refractivity contribution in [1.29, 1.82) is 0 Å². The molecule has 1 heterocycles. The van der Waals surface area contributed by atoms with Gasteiger partial charge in [-0.25, -0.2) is 4.79 Å². The predicted octanol–water partition coefficient (Wildman–Crippen LogP) is 2.48. The van der Waals surface area contributed by atoms with Crippen LogP contribution in [-0.2, 0) is 16.6 Å². The van der Waals surface area contributed by atoms with Crippen molar-refractivity contribution >= 4 is 11.9 Å². The van der Waals surface area contributed by atoms with Crippen LogP contribution in [0.5, 0.6) is 5.75 Å². The van der Waals surface area contributed by atoms with Crippen molar-refractivity contribution in [1.82, 2.24) is 15.1 Å². The molecule has 1 aromatic heterocycles. The summed E-state index contributed by atoms with van der Waals surface area (Å²) >= 11 is 0. The van der Waals surface area contributed by atoms with Gasteiger partial charge in [-0.05, 0) is 45.4 Å². The number of carboxylic acid groups (broad SMARTS) is 1. The molecule has 1 amide bonds. The largest absolute Gasteiger partial charge is 0.482 e. The Balaban J connectivity index is 2.03. The van der Waals surface area contributed by atoms with Crippen molar-refractivity contribution in [2.75, 3.05) is 6.61 Å². The topological polar surface area (TPSA) is 93.5 Å². The average Bonchev–Trinajstić information content (AvgIpc) is 2.84. The zero-order valence-corrected chi connectivity index (χ0v) is 15.7. The first kappa shape index (κ1) is 19.5. The number of carbonyl (C=O) groups is 2. The maximum atomic E-state index is 12.6. The number of benzene rings is 1. The van der Waals surface area contributed by atoms with E-state index in [-0.39, 0.29) is 24.5 Å². The number of aryl methyl sites for hydroxylation is 2. The number of carboxylic acids is 1. The molecule has 0 fully saturated rings. The highest BCUT2D eigenvalue weighted by molar-refractivity contribution is 5.84. The highest BCUT2D eigenvalue weighted by Gasteiger charge is 2.23. The molecule has 0 spiro atoms. The van der Waals surface area contributed by atoms with Crippen molar-refractivity contribution in [2.24, 2.45) is 7.05 Å². The van der Waals surface area contributed by atoms with Crippen LogP contribution in [0.2, 0.25) is 0 Å². The lowest BCUT2D eigenvalue weighted by Crippen LogP contribution is -2.31. The second-order valence-electron chi connectivity index (χ2n) is 6.41. The van der Waals surface area contributed by atoms with Crippen molar-refractivity contribution in [3.05, 3.63) is 46.8 Å². The molecule has 2 N–H and O–H groups in total. The lowest BCUT2D eigenvalue weighted by Gasteiger charge is -2.19. The van der Waals surface area contributed by atoms with Crippen LogP contribution in [0, 0.1) is 13.8 Å². The van der Waals surface area contributed by atoms with E-state index >= 15 is 0 Å². The van der Waals surface area contributed by atoms with Gasteiger partial charge in [0.2, 0.25) is 5.91 Å². The molecule has 0 aliphatic carbocycles. The molecule has 0 saturated heterocycles. The molecule has 7 heteroatoms. The van der Waals surface area contributed by atoms with Crippen LogP contribution in [0.25, 0.3) is 0 Å². The molecule has 0 saturated carbocycles. The van der Waals surface area contributed by atoms with E-state index in [0.29, 0.717) is 5.75 Å². The van der Waals surface area contributed by atoms with Crippen LogP contribution in [0.3, 0.4) is 0 Å². The number of hydrogen-bond donors (Lipinski definition) is 2. The molecule has 0 radical (unpaired) electrons. The fraction of sp³-hybridized carbons (Fsp3) is 0.421. The number of aromatic nitrogens is 2. The van der Waals surface area contributed by atoms with Gasteiger partial charge in [-0.15, -0.1) is 0 Å². The summed E-state index contributed by atoms with van der Waals surface area (Å²) in [5.41, 5.74) is 3.71. The standard InChI is InChI=1S/C19H25N3O4/c1-11(18-13(3)21-22(5)14(18)4)19(25)20-12(2)15-6-8-16(9-7-15)26-10-17(23)24/h6-9,11-12H,10H2,1-5H3,(H,20,25)(H,23,24). The van der Waals surface area contributed by atoms with Crippen LogP contribution in [0.4, 0.5) is 0 Å². The lowest BCUT2D eigenvalue weighted by atomic mass is 9.97. The van der Waals surface area contributed by atoms with E-state index in [1.165, 1.54) is 0 Å². The number of rotatable bonds is 7. The first-order valence-electron chi connectivity index (χ1n) is 8.45. The van der Waals surface area contributed by atoms with E-state index in [4.69, 9.17) is 9.84 Å². The second-order valence-corrected chi connectivity index (χ2v) is 6.41. The Morgan fingerprint density at radius 2 is 1.85 bits per heavy atom. The quantitative estimate of drug-likeness (QED) is 0.792. The second kappa shape index (κ2) is 8.03. The van der Waals surface area contributed by atoms with E-state index in [0.717, 1.165) is 22.5 Å². The molecule has 1 aromatic carbocycles. The van der Waals surface area contributed by atoms with Gasteiger partial charge in [0.15, 0.2) is 6.61 Å². The van der Waals surface area contributed by atoms with Crippen LogP contribution < -0.4 is 10.1 Å². The van der Waals surface area contributed by atoms with Crippen LogP contribution in [-0.4, -0.2) is 33.4 Å². The van der Waals surface area contributed by atoms with E-state index in [2.05, 4.69) is 10.4 Å². The molecule has 7 nitrogen and oxygen atoms in total. The SMILES string of the molecule is Cc1nn(C)c(C)c1C(C)C(=O)NC(C)c1ccc(OCC(=O)O)cc1. The summed E-state index contributed by atoms with van der Waals surface area (Å²) in [5.74, 6) is -0.915. The minimum atomic E-state index is -1.02. The minimum absolute atomic E-state index is 0.0668. The molecule has 0 aliphatic rings. The van der Waals surface area contributed by atoms with Gasteiger partial charge in [0, 0.05) is 18.3 Å². The zero-order chi connectivity index (χ0) is 19.4. The van der Waals surface area contributed by atoms with Gasteiger partial charge in [0.05, 0.1) is 17.7 Å². The fourth-order valence-electron chi connectivity index (χ4n) is 2.97. The van der Waals surface area contributed by atoms with Crippen molar-refractivity contribution in [2.45, 2.75) is 39.7 Å². The number of ether oxygens (including phenoxy) is 1. The fourth-order valence-corrected chi connectivity index (χ4v) is 2.97. The van der Waals surface area contributed by atoms with Crippen LogP contribution >= 0.6 is 0 Å². The Bertz CT molecular complexity index is 796. The Labute approximate surface area is 153 Å². The van der Waals surface area contributed by atoms with Gasteiger partial charge in [-0.2, -0.15) is 5.10 Å². The number of amides is 1. The normalized spacial score (nSPS) is 13.1. The third kappa shape index (κ3) is 4.41. The van der Waals surface area contributed by atoms with Crippen molar-refractivity contribution < 1.29 is 19.4 Å². The molecule has 2 rings (SSSR count). The third-order valence-corrected chi connectivity index (χ3v) is 4.49. The maximum Gasteiger partial charge on any atom is 0.341 e. The van der Waals surface area contributed by atoms with Gasteiger partial charge >= 0.3 is 5.97 Å². The van der Waals surface area contributed by atoms with Crippen molar-refractivity contribution in [3.8, 4) is 5.75 Å². The number of carbonyl (C=O) groups excluding carboxylic acids is 1. The zero-order valence-electron chi connectivity index (χ0n) is 15.7. The van der Waals surface area contributed by atoms with Crippen molar-refractivity contribution in [3.63, 3.8) is 0 Å². The molecule has 2 unspecified atom stereocenters. The molecule has 140 valence electrons. The van der Waals surface area contributed by atoms with Gasteiger partial charge in [0.1, 0.15) is 5.75 Å². The summed E-state index contributed by atoms with van der Waals surface area (Å²) in [6, 6.07) is 6.83. The summed E-state index contributed by atoms with van der Waals surface area (Å²) in [6.07, 6.45) is 0. The Kier molecular flexibility index (Phi) is 6.02. The van der Waals surface area contributed by atoms with Crippen LogP contribution in [0.1, 0.15) is 48.3 Å². The molecule has 0 bridgehead atoms. The molecule has 0 aliphatic heterocycles. The first-order chi connectivity index (χ1) is 12.2.